The van der Waals surface area contributed by atoms with Crippen molar-refractivity contribution in [1.29, 1.82) is 0 Å². The van der Waals surface area contributed by atoms with Gasteiger partial charge in [-0.15, -0.1) is 0 Å². The first-order valence-electron chi connectivity index (χ1n) is 8.73. The Balaban J connectivity index is 2.02. The third kappa shape index (κ3) is 8.03. The SMILES string of the molecule is CN(C)C(=O)C(Cc1ccccc1)NC(=O)/C=C/c1ccc(SC(F)(F)F)cc1. The summed E-state index contributed by atoms with van der Waals surface area (Å²) in [5, 5.41) is 2.69. The summed E-state index contributed by atoms with van der Waals surface area (Å²) in [5.74, 6) is -0.695. The fraction of sp³-hybridized carbons (Fsp3) is 0.238. The molecule has 0 aliphatic carbocycles. The van der Waals surface area contributed by atoms with Crippen LogP contribution >= 0.6 is 11.8 Å². The molecule has 1 N–H and O–H groups in total. The zero-order chi connectivity index (χ0) is 21.4. The Morgan fingerprint density at radius 2 is 1.69 bits per heavy atom. The van der Waals surface area contributed by atoms with Crippen molar-refractivity contribution in [2.45, 2.75) is 22.9 Å². The highest BCUT2D eigenvalue weighted by molar-refractivity contribution is 8.00. The van der Waals surface area contributed by atoms with Crippen molar-refractivity contribution >= 4 is 29.7 Å². The van der Waals surface area contributed by atoms with Gasteiger partial charge in [0.2, 0.25) is 11.8 Å². The van der Waals surface area contributed by atoms with Crippen LogP contribution in [0.4, 0.5) is 13.2 Å². The van der Waals surface area contributed by atoms with E-state index in [9.17, 15) is 22.8 Å². The van der Waals surface area contributed by atoms with Crippen molar-refractivity contribution in [2.75, 3.05) is 14.1 Å². The maximum absolute atomic E-state index is 12.4. The van der Waals surface area contributed by atoms with Gasteiger partial charge in [-0.3, -0.25) is 9.59 Å². The van der Waals surface area contributed by atoms with Crippen molar-refractivity contribution in [2.24, 2.45) is 0 Å². The Hall–Kier alpha value is -2.74. The van der Waals surface area contributed by atoms with Crippen LogP contribution in [0.15, 0.2) is 65.6 Å². The molecule has 0 heterocycles. The number of benzene rings is 2. The lowest BCUT2D eigenvalue weighted by atomic mass is 10.0. The Labute approximate surface area is 171 Å². The molecule has 0 aromatic heterocycles. The molecule has 154 valence electrons. The maximum atomic E-state index is 12.4. The lowest BCUT2D eigenvalue weighted by Gasteiger charge is -2.21. The number of likely N-dealkylation sites (N-methyl/N-ethyl adjacent to an activating group) is 1. The topological polar surface area (TPSA) is 49.4 Å². The standard InChI is InChI=1S/C21H21F3N2O2S/c1-26(2)20(28)18(14-16-6-4-3-5-7-16)25-19(27)13-10-15-8-11-17(12-9-15)29-21(22,23)24/h3-13,18H,14H2,1-2H3,(H,25,27)/b13-10+. The van der Waals surface area contributed by atoms with E-state index < -0.39 is 17.5 Å². The molecule has 0 saturated heterocycles. The van der Waals surface area contributed by atoms with E-state index in [1.54, 1.807) is 14.1 Å². The molecule has 0 fully saturated rings. The van der Waals surface area contributed by atoms with Crippen LogP contribution in [0.2, 0.25) is 0 Å². The first-order chi connectivity index (χ1) is 13.6. The van der Waals surface area contributed by atoms with E-state index in [1.807, 2.05) is 30.3 Å². The number of nitrogens with one attached hydrogen (secondary N) is 1. The van der Waals surface area contributed by atoms with Gasteiger partial charge in [0.05, 0.1) is 0 Å². The van der Waals surface area contributed by atoms with Crippen LogP contribution in [-0.4, -0.2) is 42.4 Å². The highest BCUT2D eigenvalue weighted by atomic mass is 32.2. The summed E-state index contributed by atoms with van der Waals surface area (Å²) in [4.78, 5) is 26.2. The number of carbonyl (C=O) groups is 2. The van der Waals surface area contributed by atoms with Gasteiger partial charge < -0.3 is 10.2 Å². The first kappa shape index (κ1) is 22.5. The monoisotopic (exact) mass is 422 g/mol. The van der Waals surface area contributed by atoms with Crippen LogP contribution < -0.4 is 5.32 Å². The van der Waals surface area contributed by atoms with Crippen molar-refractivity contribution in [3.05, 3.63) is 71.8 Å². The molecule has 2 amide bonds. The molecule has 2 aromatic carbocycles. The molecular formula is C21H21F3N2O2S. The molecule has 0 bridgehead atoms. The molecular weight excluding hydrogens is 401 g/mol. The predicted octanol–water partition coefficient (Wildman–Crippen LogP) is 4.13. The molecule has 2 rings (SSSR count). The number of halogens is 3. The molecule has 0 saturated carbocycles. The maximum Gasteiger partial charge on any atom is 0.446 e. The molecule has 8 heteroatoms. The molecule has 0 spiro atoms. The van der Waals surface area contributed by atoms with Gasteiger partial charge in [-0.1, -0.05) is 42.5 Å². The van der Waals surface area contributed by atoms with E-state index in [0.29, 0.717) is 12.0 Å². The lowest BCUT2D eigenvalue weighted by molar-refractivity contribution is -0.133. The second kappa shape index (κ2) is 10.2. The summed E-state index contributed by atoms with van der Waals surface area (Å²) in [6.07, 6.45) is 3.09. The highest BCUT2D eigenvalue weighted by Gasteiger charge is 2.29. The van der Waals surface area contributed by atoms with Crippen LogP contribution in [-0.2, 0) is 16.0 Å². The minimum absolute atomic E-state index is 0.0682. The summed E-state index contributed by atoms with van der Waals surface area (Å²) in [5.41, 5.74) is -2.86. The zero-order valence-electron chi connectivity index (χ0n) is 15.9. The molecule has 29 heavy (non-hydrogen) atoms. The van der Waals surface area contributed by atoms with Gasteiger partial charge in [-0.05, 0) is 41.1 Å². The van der Waals surface area contributed by atoms with Crippen molar-refractivity contribution < 1.29 is 22.8 Å². The number of rotatable bonds is 7. The summed E-state index contributed by atoms with van der Waals surface area (Å²) in [6.45, 7) is 0. The number of amides is 2. The average Bonchev–Trinajstić information content (AvgIpc) is 2.66. The Kier molecular flexibility index (Phi) is 7.90. The van der Waals surface area contributed by atoms with Crippen LogP contribution in [0.3, 0.4) is 0 Å². The van der Waals surface area contributed by atoms with Crippen LogP contribution in [0.1, 0.15) is 11.1 Å². The number of hydrogen-bond acceptors (Lipinski definition) is 3. The van der Waals surface area contributed by atoms with Crippen molar-refractivity contribution in [3.8, 4) is 0 Å². The van der Waals surface area contributed by atoms with Crippen molar-refractivity contribution in [1.82, 2.24) is 10.2 Å². The first-order valence-corrected chi connectivity index (χ1v) is 9.55. The summed E-state index contributed by atoms with van der Waals surface area (Å²) < 4.78 is 37.1. The van der Waals surface area contributed by atoms with Crippen molar-refractivity contribution in [3.63, 3.8) is 0 Å². The normalized spacial score (nSPS) is 12.6. The number of thioether (sulfide) groups is 1. The van der Waals surface area contributed by atoms with E-state index in [4.69, 9.17) is 0 Å². The molecule has 4 nitrogen and oxygen atoms in total. The van der Waals surface area contributed by atoms with E-state index in [2.05, 4.69) is 5.32 Å². The summed E-state index contributed by atoms with van der Waals surface area (Å²) >= 11 is -0.197. The largest absolute Gasteiger partial charge is 0.446 e. The second-order valence-electron chi connectivity index (χ2n) is 6.43. The van der Waals surface area contributed by atoms with Gasteiger partial charge in [-0.2, -0.15) is 13.2 Å². The number of nitrogens with zero attached hydrogens (tertiary/aromatic N) is 1. The third-order valence-corrected chi connectivity index (χ3v) is 4.62. The fourth-order valence-electron chi connectivity index (χ4n) is 2.53. The molecule has 1 unspecified atom stereocenters. The van der Waals surface area contributed by atoms with Gasteiger partial charge in [0.1, 0.15) is 6.04 Å². The van der Waals surface area contributed by atoms with E-state index in [0.717, 1.165) is 5.56 Å². The van der Waals surface area contributed by atoms with E-state index >= 15 is 0 Å². The number of carbonyl (C=O) groups excluding carboxylic acids is 2. The Bertz CT molecular complexity index is 850. The quantitative estimate of drug-likeness (QED) is 0.539. The van der Waals surface area contributed by atoms with Crippen LogP contribution in [0.5, 0.6) is 0 Å². The minimum atomic E-state index is -4.34. The molecule has 0 aliphatic heterocycles. The highest BCUT2D eigenvalue weighted by Crippen LogP contribution is 2.36. The number of hydrogen-bond donors (Lipinski definition) is 1. The van der Waals surface area contributed by atoms with Gasteiger partial charge in [0.25, 0.3) is 0 Å². The third-order valence-electron chi connectivity index (χ3n) is 3.88. The molecule has 1 atom stereocenters. The lowest BCUT2D eigenvalue weighted by Crippen LogP contribution is -2.47. The van der Waals surface area contributed by atoms with E-state index in [-0.39, 0.29) is 22.6 Å². The van der Waals surface area contributed by atoms with E-state index in [1.165, 1.54) is 41.3 Å². The fourth-order valence-corrected chi connectivity index (χ4v) is 3.07. The smallest absolute Gasteiger partial charge is 0.347 e. The van der Waals surface area contributed by atoms with Crippen LogP contribution in [0.25, 0.3) is 6.08 Å². The summed E-state index contributed by atoms with van der Waals surface area (Å²) in [6, 6.07) is 14.3. The van der Waals surface area contributed by atoms with Gasteiger partial charge in [0, 0.05) is 31.5 Å². The summed E-state index contributed by atoms with van der Waals surface area (Å²) in [7, 11) is 3.23. The minimum Gasteiger partial charge on any atom is -0.347 e. The predicted molar refractivity (Wildman–Crippen MR) is 108 cm³/mol. The molecule has 0 radical (unpaired) electrons. The second-order valence-corrected chi connectivity index (χ2v) is 7.57. The zero-order valence-corrected chi connectivity index (χ0v) is 16.8. The Morgan fingerprint density at radius 1 is 1.07 bits per heavy atom. The van der Waals surface area contributed by atoms with Gasteiger partial charge >= 0.3 is 5.51 Å². The Morgan fingerprint density at radius 3 is 2.24 bits per heavy atom. The number of alkyl halides is 3. The van der Waals surface area contributed by atoms with Gasteiger partial charge in [-0.25, -0.2) is 0 Å². The van der Waals surface area contributed by atoms with Gasteiger partial charge in [0.15, 0.2) is 0 Å². The molecule has 0 aliphatic rings. The molecule has 2 aromatic rings. The average molecular weight is 422 g/mol. The van der Waals surface area contributed by atoms with Crippen LogP contribution in [0, 0.1) is 0 Å².